The predicted octanol–water partition coefficient (Wildman–Crippen LogP) is 3.81. The number of benzene rings is 2. The van der Waals surface area contributed by atoms with E-state index in [0.717, 1.165) is 12.1 Å². The van der Waals surface area contributed by atoms with Gasteiger partial charge in [-0.3, -0.25) is 9.59 Å². The van der Waals surface area contributed by atoms with Gasteiger partial charge in [-0.05, 0) is 37.6 Å². The average Bonchev–Trinajstić information content (AvgIpc) is 2.64. The average molecular weight is 426 g/mol. The Morgan fingerprint density at radius 1 is 1.21 bits per heavy atom. The minimum Gasteiger partial charge on any atom is -0.453 e. The van der Waals surface area contributed by atoms with Crippen molar-refractivity contribution in [2.75, 3.05) is 0 Å². The van der Waals surface area contributed by atoms with Gasteiger partial charge in [-0.1, -0.05) is 24.6 Å². The number of carbonyl (C=O) groups excluding carboxylic acids is 2. The normalized spacial score (nSPS) is 13.0. The van der Waals surface area contributed by atoms with Crippen LogP contribution in [0.25, 0.3) is 0 Å². The van der Waals surface area contributed by atoms with Gasteiger partial charge in [-0.25, -0.2) is 8.78 Å². The molecule has 0 saturated heterocycles. The smallest absolute Gasteiger partial charge is 0.251 e. The molecule has 9 heteroatoms. The first-order valence-electron chi connectivity index (χ1n) is 8.93. The molecule has 0 spiro atoms. The lowest BCUT2D eigenvalue weighted by molar-refractivity contribution is -0.118. The summed E-state index contributed by atoms with van der Waals surface area (Å²) in [4.78, 5) is 22.4. The molecule has 6 nitrogen and oxygen atoms in total. The molecule has 0 aromatic heterocycles. The Bertz CT molecular complexity index is 924. The van der Waals surface area contributed by atoms with Gasteiger partial charge in [0.25, 0.3) is 5.91 Å². The Morgan fingerprint density at radius 3 is 2.48 bits per heavy atom. The van der Waals surface area contributed by atoms with Crippen molar-refractivity contribution in [3.05, 3.63) is 58.1 Å². The fourth-order valence-corrected chi connectivity index (χ4v) is 3.10. The number of carbonyl (C=O) groups is 2. The Balaban J connectivity index is 2.36. The summed E-state index contributed by atoms with van der Waals surface area (Å²) in [7, 11) is 0. The number of halogens is 3. The van der Waals surface area contributed by atoms with Crippen LogP contribution in [0, 0.1) is 11.6 Å². The van der Waals surface area contributed by atoms with E-state index >= 15 is 4.39 Å². The highest BCUT2D eigenvalue weighted by atomic mass is 35.5. The standard InChI is InChI=1S/C20H22ClF2N3O3/c1-3-16(26-10(2)8-17(24)27)12-5-6-14(21)19(18(12)23)29-11-4-7-15(22)13(9-11)20(25)28/h4-7,9-10,16,26H,3,8H2,1-2H3,(H2,24,27)(H2,25,28)/t10-,16-/m1/s1. The summed E-state index contributed by atoms with van der Waals surface area (Å²) >= 11 is 6.10. The first kappa shape index (κ1) is 22.6. The summed E-state index contributed by atoms with van der Waals surface area (Å²) in [6.45, 7) is 3.62. The van der Waals surface area contributed by atoms with Crippen LogP contribution in [-0.2, 0) is 4.79 Å². The second kappa shape index (κ2) is 9.67. The highest BCUT2D eigenvalue weighted by Gasteiger charge is 2.22. The third-order valence-corrected chi connectivity index (χ3v) is 4.58. The van der Waals surface area contributed by atoms with Crippen LogP contribution < -0.4 is 21.5 Å². The fourth-order valence-electron chi connectivity index (χ4n) is 2.92. The summed E-state index contributed by atoms with van der Waals surface area (Å²) in [6, 6.07) is 5.58. The van der Waals surface area contributed by atoms with Gasteiger partial charge >= 0.3 is 0 Å². The van der Waals surface area contributed by atoms with Gasteiger partial charge in [0.2, 0.25) is 5.91 Å². The molecule has 2 atom stereocenters. The van der Waals surface area contributed by atoms with Gasteiger partial charge in [0, 0.05) is 24.1 Å². The van der Waals surface area contributed by atoms with Gasteiger partial charge in [-0.15, -0.1) is 0 Å². The van der Waals surface area contributed by atoms with Crippen LogP contribution in [0.5, 0.6) is 11.5 Å². The minimum absolute atomic E-state index is 0.00116. The molecule has 0 radical (unpaired) electrons. The number of amides is 2. The zero-order valence-corrected chi connectivity index (χ0v) is 16.7. The maximum absolute atomic E-state index is 15.2. The summed E-state index contributed by atoms with van der Waals surface area (Å²) in [6.07, 6.45) is 0.615. The van der Waals surface area contributed by atoms with Gasteiger partial charge in [0.1, 0.15) is 11.6 Å². The highest BCUT2D eigenvalue weighted by Crippen LogP contribution is 2.37. The molecule has 0 unspecified atom stereocenters. The van der Waals surface area contributed by atoms with E-state index in [1.54, 1.807) is 6.92 Å². The largest absolute Gasteiger partial charge is 0.453 e. The van der Waals surface area contributed by atoms with Crippen molar-refractivity contribution in [1.82, 2.24) is 5.32 Å². The highest BCUT2D eigenvalue weighted by molar-refractivity contribution is 6.32. The second-order valence-corrected chi connectivity index (χ2v) is 6.99. The molecule has 156 valence electrons. The van der Waals surface area contributed by atoms with Crippen molar-refractivity contribution >= 4 is 23.4 Å². The van der Waals surface area contributed by atoms with E-state index in [0.29, 0.717) is 6.42 Å². The van der Waals surface area contributed by atoms with Gasteiger partial charge in [0.05, 0.1) is 10.6 Å². The molecular weight excluding hydrogens is 404 g/mol. The van der Waals surface area contributed by atoms with Crippen LogP contribution in [0.15, 0.2) is 30.3 Å². The number of nitrogens with one attached hydrogen (secondary N) is 1. The maximum atomic E-state index is 15.2. The maximum Gasteiger partial charge on any atom is 0.251 e. The van der Waals surface area contributed by atoms with Crippen molar-refractivity contribution in [1.29, 1.82) is 0 Å². The number of primary amides is 2. The van der Waals surface area contributed by atoms with E-state index in [1.165, 1.54) is 18.2 Å². The number of hydrogen-bond donors (Lipinski definition) is 3. The van der Waals surface area contributed by atoms with Crippen molar-refractivity contribution in [2.45, 2.75) is 38.8 Å². The molecule has 2 aromatic rings. The molecule has 2 amide bonds. The molecule has 0 fully saturated rings. The van der Waals surface area contributed by atoms with Crippen molar-refractivity contribution < 1.29 is 23.1 Å². The molecule has 2 rings (SSSR count). The molecule has 0 aliphatic carbocycles. The predicted molar refractivity (Wildman–Crippen MR) is 106 cm³/mol. The second-order valence-electron chi connectivity index (χ2n) is 6.59. The van der Waals surface area contributed by atoms with Gasteiger partial charge in [0.15, 0.2) is 11.6 Å². The lowest BCUT2D eigenvalue weighted by atomic mass is 10.0. The number of ether oxygens (including phenoxy) is 1. The molecule has 0 aliphatic heterocycles. The summed E-state index contributed by atoms with van der Waals surface area (Å²) < 4.78 is 34.4. The van der Waals surface area contributed by atoms with Crippen molar-refractivity contribution in [2.24, 2.45) is 11.5 Å². The Hall–Kier alpha value is -2.71. The molecule has 0 heterocycles. The SMILES string of the molecule is CC[C@@H](N[C@H](C)CC(N)=O)c1ccc(Cl)c(Oc2ccc(F)c(C(N)=O)c2)c1F. The summed E-state index contributed by atoms with van der Waals surface area (Å²) in [5.74, 6) is -3.25. The van der Waals surface area contributed by atoms with Crippen molar-refractivity contribution in [3.63, 3.8) is 0 Å². The third-order valence-electron chi connectivity index (χ3n) is 4.28. The van der Waals surface area contributed by atoms with Crippen LogP contribution in [0.3, 0.4) is 0 Å². The molecule has 5 N–H and O–H groups in total. The Morgan fingerprint density at radius 2 is 1.90 bits per heavy atom. The van der Waals surface area contributed by atoms with Crippen LogP contribution in [0.2, 0.25) is 5.02 Å². The molecular formula is C20H22ClF2N3O3. The zero-order valence-electron chi connectivity index (χ0n) is 16.0. The van der Waals surface area contributed by atoms with Crippen LogP contribution in [0.1, 0.15) is 48.7 Å². The molecule has 2 aromatic carbocycles. The number of hydrogen-bond acceptors (Lipinski definition) is 4. The van der Waals surface area contributed by atoms with Crippen LogP contribution in [0.4, 0.5) is 8.78 Å². The lowest BCUT2D eigenvalue weighted by Gasteiger charge is -2.23. The molecule has 0 bridgehead atoms. The van der Waals surface area contributed by atoms with Gasteiger partial charge < -0.3 is 21.5 Å². The van der Waals surface area contributed by atoms with E-state index in [4.69, 9.17) is 27.8 Å². The fraction of sp³-hybridized carbons (Fsp3) is 0.300. The lowest BCUT2D eigenvalue weighted by Crippen LogP contribution is -2.34. The Labute approximate surface area is 172 Å². The zero-order chi connectivity index (χ0) is 21.7. The van der Waals surface area contributed by atoms with E-state index in [-0.39, 0.29) is 40.1 Å². The first-order valence-corrected chi connectivity index (χ1v) is 9.31. The topological polar surface area (TPSA) is 107 Å². The summed E-state index contributed by atoms with van der Waals surface area (Å²) in [5, 5.41) is 3.14. The van der Waals surface area contributed by atoms with E-state index in [2.05, 4.69) is 5.32 Å². The van der Waals surface area contributed by atoms with Crippen LogP contribution in [-0.4, -0.2) is 17.9 Å². The van der Waals surface area contributed by atoms with Gasteiger partial charge in [-0.2, -0.15) is 0 Å². The summed E-state index contributed by atoms with van der Waals surface area (Å²) in [5.41, 5.74) is 10.2. The van der Waals surface area contributed by atoms with E-state index in [9.17, 15) is 14.0 Å². The number of rotatable bonds is 9. The monoisotopic (exact) mass is 425 g/mol. The molecule has 0 saturated carbocycles. The van der Waals surface area contributed by atoms with Crippen LogP contribution >= 0.6 is 11.6 Å². The molecule has 0 aliphatic rings. The first-order chi connectivity index (χ1) is 13.6. The third kappa shape index (κ3) is 5.65. The quantitative estimate of drug-likeness (QED) is 0.567. The van der Waals surface area contributed by atoms with E-state index in [1.807, 2.05) is 6.92 Å². The van der Waals surface area contributed by atoms with Crippen molar-refractivity contribution in [3.8, 4) is 11.5 Å². The minimum atomic E-state index is -0.980. The molecule has 29 heavy (non-hydrogen) atoms. The number of nitrogens with two attached hydrogens (primary N) is 2. The Kier molecular flexibility index (Phi) is 7.53. The van der Waals surface area contributed by atoms with E-state index < -0.39 is 29.5 Å².